The molecule has 2 rings (SSSR count). The van der Waals surface area contributed by atoms with E-state index >= 15 is 0 Å². The minimum atomic E-state index is -0.348. The molecule has 0 aromatic heterocycles. The van der Waals surface area contributed by atoms with Gasteiger partial charge in [0.2, 0.25) is 0 Å². The monoisotopic (exact) mass is 358 g/mol. The molecule has 0 aliphatic heterocycles. The number of thiocarbonyl (C=S) groups is 1. The Bertz CT molecular complexity index is 775. The summed E-state index contributed by atoms with van der Waals surface area (Å²) in [5.74, 6) is 1.02. The Morgan fingerprint density at radius 2 is 1.80 bits per heavy atom. The maximum atomic E-state index is 12.5. The highest BCUT2D eigenvalue weighted by atomic mass is 32.1. The normalized spacial score (nSPS) is 10.3. The molecule has 0 radical (unpaired) electrons. The third-order valence-corrected chi connectivity index (χ3v) is 3.92. The molecule has 0 saturated heterocycles. The number of ether oxygens (including phenoxy) is 2. The van der Waals surface area contributed by atoms with E-state index in [0.717, 1.165) is 11.3 Å². The smallest absolute Gasteiger partial charge is 0.261 e. The number of methoxy groups -OCH3 is 2. The summed E-state index contributed by atoms with van der Waals surface area (Å²) < 4.78 is 10.4. The molecule has 6 heteroatoms. The van der Waals surface area contributed by atoms with Gasteiger partial charge in [0.05, 0.1) is 19.8 Å². The Hall–Kier alpha value is -2.60. The minimum Gasteiger partial charge on any atom is -0.497 e. The molecule has 0 aliphatic rings. The van der Waals surface area contributed by atoms with Crippen LogP contribution in [-0.4, -0.2) is 25.2 Å². The van der Waals surface area contributed by atoms with E-state index in [9.17, 15) is 4.79 Å². The van der Waals surface area contributed by atoms with Gasteiger partial charge < -0.3 is 14.8 Å². The zero-order valence-corrected chi connectivity index (χ0v) is 15.6. The van der Waals surface area contributed by atoms with E-state index < -0.39 is 0 Å². The van der Waals surface area contributed by atoms with Crippen LogP contribution >= 0.6 is 12.2 Å². The van der Waals surface area contributed by atoms with E-state index in [0.29, 0.717) is 23.0 Å². The third-order valence-electron chi connectivity index (χ3n) is 3.71. The van der Waals surface area contributed by atoms with Crippen LogP contribution in [0.3, 0.4) is 0 Å². The van der Waals surface area contributed by atoms with Crippen molar-refractivity contribution in [2.24, 2.45) is 0 Å². The number of para-hydroxylation sites is 1. The van der Waals surface area contributed by atoms with E-state index in [1.165, 1.54) is 7.11 Å². The van der Waals surface area contributed by atoms with Crippen molar-refractivity contribution in [3.63, 3.8) is 0 Å². The number of nitrogens with one attached hydrogen (secondary N) is 2. The van der Waals surface area contributed by atoms with E-state index in [1.807, 2.05) is 24.3 Å². The lowest BCUT2D eigenvalue weighted by atomic mass is 10.0. The van der Waals surface area contributed by atoms with E-state index in [2.05, 4.69) is 24.5 Å². The minimum absolute atomic E-state index is 0.232. The number of rotatable bonds is 5. The molecule has 0 spiro atoms. The number of benzene rings is 2. The van der Waals surface area contributed by atoms with Crippen LogP contribution in [0.25, 0.3) is 0 Å². The number of amides is 1. The summed E-state index contributed by atoms with van der Waals surface area (Å²) in [5.41, 5.74) is 2.38. The Balaban J connectivity index is 2.12. The van der Waals surface area contributed by atoms with Gasteiger partial charge in [0.1, 0.15) is 11.5 Å². The zero-order valence-electron chi connectivity index (χ0n) is 14.8. The molecule has 1 amide bonds. The topological polar surface area (TPSA) is 59.6 Å². The van der Waals surface area contributed by atoms with Crippen molar-refractivity contribution < 1.29 is 14.3 Å². The SMILES string of the molecule is COc1ccc(C(=O)NC(=S)Nc2ccccc2C(C)C)c(OC)c1. The van der Waals surface area contributed by atoms with Crippen LogP contribution in [0.4, 0.5) is 5.69 Å². The number of hydrogen-bond acceptors (Lipinski definition) is 4. The fourth-order valence-electron chi connectivity index (χ4n) is 2.42. The highest BCUT2D eigenvalue weighted by Crippen LogP contribution is 2.25. The largest absolute Gasteiger partial charge is 0.497 e. The van der Waals surface area contributed by atoms with Crippen LogP contribution < -0.4 is 20.1 Å². The number of hydrogen-bond donors (Lipinski definition) is 2. The Morgan fingerprint density at radius 3 is 2.44 bits per heavy atom. The van der Waals surface area contributed by atoms with Gasteiger partial charge in [-0.25, -0.2) is 0 Å². The summed E-state index contributed by atoms with van der Waals surface area (Å²) in [6, 6.07) is 12.8. The van der Waals surface area contributed by atoms with Gasteiger partial charge in [-0.05, 0) is 41.9 Å². The number of carbonyl (C=O) groups is 1. The Morgan fingerprint density at radius 1 is 1.08 bits per heavy atom. The van der Waals surface area contributed by atoms with Crippen molar-refractivity contribution in [2.75, 3.05) is 19.5 Å². The van der Waals surface area contributed by atoms with E-state index in [4.69, 9.17) is 21.7 Å². The van der Waals surface area contributed by atoms with Crippen molar-refractivity contribution in [1.29, 1.82) is 0 Å². The van der Waals surface area contributed by atoms with Crippen LogP contribution in [0.15, 0.2) is 42.5 Å². The van der Waals surface area contributed by atoms with Crippen molar-refractivity contribution >= 4 is 28.9 Å². The van der Waals surface area contributed by atoms with Gasteiger partial charge in [-0.2, -0.15) is 0 Å². The second-order valence-corrected chi connectivity index (χ2v) is 6.12. The molecule has 0 aliphatic carbocycles. The molecule has 0 heterocycles. The third kappa shape index (κ3) is 4.70. The highest BCUT2D eigenvalue weighted by Gasteiger charge is 2.15. The van der Waals surface area contributed by atoms with Gasteiger partial charge in [0.15, 0.2) is 5.11 Å². The fourth-order valence-corrected chi connectivity index (χ4v) is 2.63. The van der Waals surface area contributed by atoms with Crippen LogP contribution in [0.1, 0.15) is 35.7 Å². The summed E-state index contributed by atoms with van der Waals surface area (Å²) >= 11 is 5.28. The van der Waals surface area contributed by atoms with Crippen LogP contribution in [0.5, 0.6) is 11.5 Å². The van der Waals surface area contributed by atoms with Gasteiger partial charge in [-0.1, -0.05) is 32.0 Å². The zero-order chi connectivity index (χ0) is 18.4. The number of carbonyl (C=O) groups excluding carboxylic acids is 1. The molecule has 132 valence electrons. The molecule has 25 heavy (non-hydrogen) atoms. The van der Waals surface area contributed by atoms with Gasteiger partial charge in [0.25, 0.3) is 5.91 Å². The second kappa shape index (κ2) is 8.48. The van der Waals surface area contributed by atoms with Crippen LogP contribution in [0, 0.1) is 0 Å². The lowest BCUT2D eigenvalue weighted by molar-refractivity contribution is 0.0974. The summed E-state index contributed by atoms with van der Waals surface area (Å²) in [4.78, 5) is 12.5. The molecule has 0 atom stereocenters. The second-order valence-electron chi connectivity index (χ2n) is 5.72. The highest BCUT2D eigenvalue weighted by molar-refractivity contribution is 7.80. The first kappa shape index (κ1) is 18.7. The molecule has 2 aromatic rings. The molecule has 0 fully saturated rings. The molecular weight excluding hydrogens is 336 g/mol. The maximum Gasteiger partial charge on any atom is 0.261 e. The summed E-state index contributed by atoms with van der Waals surface area (Å²) in [5, 5.41) is 6.00. The van der Waals surface area contributed by atoms with Crippen molar-refractivity contribution in [3.05, 3.63) is 53.6 Å². The lowest BCUT2D eigenvalue weighted by Gasteiger charge is -2.16. The van der Waals surface area contributed by atoms with E-state index in [-0.39, 0.29) is 11.0 Å². The molecule has 2 aromatic carbocycles. The Kier molecular flexibility index (Phi) is 6.36. The molecule has 0 bridgehead atoms. The van der Waals surface area contributed by atoms with Gasteiger partial charge >= 0.3 is 0 Å². The quantitative estimate of drug-likeness (QED) is 0.793. The maximum absolute atomic E-state index is 12.5. The van der Waals surface area contributed by atoms with Crippen molar-refractivity contribution in [3.8, 4) is 11.5 Å². The first-order valence-corrected chi connectivity index (χ1v) is 8.30. The molecule has 0 unspecified atom stereocenters. The van der Waals surface area contributed by atoms with Gasteiger partial charge in [0, 0.05) is 11.8 Å². The first-order chi connectivity index (χ1) is 12.0. The summed E-state index contributed by atoms with van der Waals surface area (Å²) in [6.07, 6.45) is 0. The Labute approximate surface area is 153 Å². The standard InChI is InChI=1S/C19H22N2O3S/c1-12(2)14-7-5-6-8-16(14)20-19(25)21-18(22)15-10-9-13(23-3)11-17(15)24-4/h5-12H,1-4H3,(H2,20,21,22,25). The van der Waals surface area contributed by atoms with Crippen molar-refractivity contribution in [2.45, 2.75) is 19.8 Å². The average Bonchev–Trinajstić information content (AvgIpc) is 2.61. The van der Waals surface area contributed by atoms with Crippen molar-refractivity contribution in [1.82, 2.24) is 5.32 Å². The van der Waals surface area contributed by atoms with Gasteiger partial charge in [-0.15, -0.1) is 0 Å². The van der Waals surface area contributed by atoms with Crippen LogP contribution in [0.2, 0.25) is 0 Å². The predicted octanol–water partition coefficient (Wildman–Crippen LogP) is 3.95. The van der Waals surface area contributed by atoms with E-state index in [1.54, 1.807) is 25.3 Å². The van der Waals surface area contributed by atoms with Crippen LogP contribution in [-0.2, 0) is 0 Å². The first-order valence-electron chi connectivity index (χ1n) is 7.89. The fraction of sp³-hybridized carbons (Fsp3) is 0.263. The average molecular weight is 358 g/mol. The summed E-state index contributed by atoms with van der Waals surface area (Å²) in [6.45, 7) is 4.20. The molecular formula is C19H22N2O3S. The predicted molar refractivity (Wildman–Crippen MR) is 104 cm³/mol. The molecule has 0 saturated carbocycles. The summed E-state index contributed by atoms with van der Waals surface area (Å²) in [7, 11) is 3.06. The number of anilines is 1. The lowest BCUT2D eigenvalue weighted by Crippen LogP contribution is -2.34. The molecule has 5 nitrogen and oxygen atoms in total. The van der Waals surface area contributed by atoms with Gasteiger partial charge in [-0.3, -0.25) is 10.1 Å². The molecule has 2 N–H and O–H groups in total.